The number of ether oxygens (including phenoxy) is 4. The highest BCUT2D eigenvalue weighted by molar-refractivity contribution is 5.96. The van der Waals surface area contributed by atoms with Crippen molar-refractivity contribution in [2.24, 2.45) is 0 Å². The van der Waals surface area contributed by atoms with Crippen molar-refractivity contribution in [2.75, 3.05) is 13.2 Å². The third-order valence-electron chi connectivity index (χ3n) is 9.95. The molecule has 0 fully saturated rings. The zero-order valence-electron chi connectivity index (χ0n) is 33.6. The van der Waals surface area contributed by atoms with Crippen LogP contribution in [0, 0.1) is 13.8 Å². The number of hydrogen-bond donors (Lipinski definition) is 4. The van der Waals surface area contributed by atoms with E-state index < -0.39 is 48.0 Å². The van der Waals surface area contributed by atoms with Gasteiger partial charge in [-0.1, -0.05) is 0 Å². The SMILES string of the molecule is CC(=O)OCC(OC(C)=O)c1c(C)c2cc3[nH]c(cc4nc(cc5nc(cc1[nH]2)C(C)=C5CCC(=O)O)C(CCC(=O)O)=C4C)c(C)c3C(COC(C)=O)OC(C)=O. The lowest BCUT2D eigenvalue weighted by atomic mass is 9.98. The minimum absolute atomic E-state index is 0.138. The Bertz CT molecular complexity index is 2450. The number of fused-ring (bicyclic) bond motifs is 8. The van der Waals surface area contributed by atoms with Crippen molar-refractivity contribution in [1.29, 1.82) is 0 Å². The number of rotatable bonds is 14. The van der Waals surface area contributed by atoms with Gasteiger partial charge in [-0.3, -0.25) is 28.8 Å². The maximum absolute atomic E-state index is 12.5. The van der Waals surface area contributed by atoms with Gasteiger partial charge in [0.1, 0.15) is 13.2 Å². The fourth-order valence-electron chi connectivity index (χ4n) is 7.21. The van der Waals surface area contributed by atoms with Gasteiger partial charge < -0.3 is 39.1 Å². The van der Waals surface area contributed by atoms with E-state index >= 15 is 0 Å². The van der Waals surface area contributed by atoms with E-state index in [4.69, 9.17) is 28.9 Å². The molecule has 2 aliphatic heterocycles. The van der Waals surface area contributed by atoms with Crippen molar-refractivity contribution >= 4 is 80.2 Å². The van der Waals surface area contributed by atoms with Crippen molar-refractivity contribution < 1.29 is 57.9 Å². The molecule has 58 heavy (non-hydrogen) atoms. The first kappa shape index (κ1) is 42.6. The summed E-state index contributed by atoms with van der Waals surface area (Å²) in [5.74, 6) is -4.42. The normalized spacial score (nSPS) is 13.5. The standard InChI is InChI=1S/C42H46N4O12/c1-19-27(9-11-39(51)52)33-16-34-28(10-12-40(53)54)20(2)30(44-34)14-35-42(38(58-26(8)50)18-56-24(6)48)22(4)32(46-35)15-36-41(21(3)31(45-36)13-29(19)43-33)37(57-25(7)49)17-55-23(5)47/h13-16,37-38,45-46H,9-12,17-18H2,1-8H3,(H,51,52)(H,53,54). The Morgan fingerprint density at radius 3 is 1.31 bits per heavy atom. The van der Waals surface area contributed by atoms with Crippen molar-refractivity contribution in [2.45, 2.75) is 93.3 Å². The summed E-state index contributed by atoms with van der Waals surface area (Å²) >= 11 is 0. The molecule has 0 saturated carbocycles. The minimum Gasteiger partial charge on any atom is -0.481 e. The predicted octanol–water partition coefficient (Wildman–Crippen LogP) is 6.86. The van der Waals surface area contributed by atoms with E-state index in [0.717, 1.165) is 5.57 Å². The maximum Gasteiger partial charge on any atom is 0.303 e. The van der Waals surface area contributed by atoms with E-state index in [2.05, 4.69) is 9.97 Å². The van der Waals surface area contributed by atoms with E-state index in [-0.39, 0.29) is 38.9 Å². The van der Waals surface area contributed by atoms with Crippen LogP contribution in [0.25, 0.3) is 44.4 Å². The number of carbonyl (C=O) groups excluding carboxylic acids is 4. The van der Waals surface area contributed by atoms with E-state index in [0.29, 0.717) is 83.8 Å². The minimum atomic E-state index is -1.07. The summed E-state index contributed by atoms with van der Waals surface area (Å²) < 4.78 is 22.2. The van der Waals surface area contributed by atoms with Crippen molar-refractivity contribution in [1.82, 2.24) is 19.9 Å². The number of aromatic amines is 2. The van der Waals surface area contributed by atoms with Gasteiger partial charge in [0, 0.05) is 73.7 Å². The Kier molecular flexibility index (Phi) is 13.0. The van der Waals surface area contributed by atoms with Gasteiger partial charge in [0.25, 0.3) is 0 Å². The van der Waals surface area contributed by atoms with Crippen LogP contribution < -0.4 is 0 Å². The number of hydrogen-bond acceptors (Lipinski definition) is 12. The lowest BCUT2D eigenvalue weighted by Crippen LogP contribution is -2.17. The number of H-pyrrole nitrogens is 2. The first-order valence-electron chi connectivity index (χ1n) is 18.5. The lowest BCUT2D eigenvalue weighted by molar-refractivity contribution is -0.156. The van der Waals surface area contributed by atoms with Gasteiger partial charge in [-0.05, 0) is 98.2 Å². The molecule has 4 N–H and O–H groups in total. The van der Waals surface area contributed by atoms with Gasteiger partial charge in [-0.2, -0.15) is 0 Å². The molecule has 306 valence electrons. The van der Waals surface area contributed by atoms with Gasteiger partial charge in [0.2, 0.25) is 0 Å². The van der Waals surface area contributed by atoms with E-state index in [1.54, 1.807) is 38.1 Å². The fraction of sp³-hybridized carbons (Fsp3) is 0.381. The summed E-state index contributed by atoms with van der Waals surface area (Å²) in [7, 11) is 0. The average molecular weight is 799 g/mol. The quantitative estimate of drug-likeness (QED) is 0.0963. The molecule has 0 saturated heterocycles. The highest BCUT2D eigenvalue weighted by atomic mass is 16.6. The van der Waals surface area contributed by atoms with E-state index in [1.807, 2.05) is 13.8 Å². The van der Waals surface area contributed by atoms with Gasteiger partial charge >= 0.3 is 35.8 Å². The first-order chi connectivity index (χ1) is 27.3. The second-order valence-corrected chi connectivity index (χ2v) is 14.1. The summed E-state index contributed by atoms with van der Waals surface area (Å²) in [4.78, 5) is 89.1. The number of carboxylic acids is 2. The number of nitrogens with one attached hydrogen (secondary N) is 2. The third kappa shape index (κ3) is 9.68. The molecule has 5 rings (SSSR count). The van der Waals surface area contributed by atoms with Crippen LogP contribution in [0.1, 0.15) is 124 Å². The summed E-state index contributed by atoms with van der Waals surface area (Å²) in [6.45, 7) is 11.6. The molecule has 0 aliphatic carbocycles. The Morgan fingerprint density at radius 1 is 0.552 bits per heavy atom. The van der Waals surface area contributed by atoms with E-state index in [1.165, 1.54) is 27.7 Å². The molecule has 16 heteroatoms. The molecule has 8 bridgehead atoms. The Hall–Kier alpha value is -6.58. The van der Waals surface area contributed by atoms with Crippen LogP contribution in [0.2, 0.25) is 0 Å². The van der Waals surface area contributed by atoms with Crippen LogP contribution in [0.5, 0.6) is 0 Å². The lowest BCUT2D eigenvalue weighted by Gasteiger charge is -2.18. The van der Waals surface area contributed by atoms with Gasteiger partial charge in [0.15, 0.2) is 12.2 Å². The highest BCUT2D eigenvalue weighted by Gasteiger charge is 2.28. The van der Waals surface area contributed by atoms with Crippen LogP contribution in [-0.2, 0) is 47.7 Å². The van der Waals surface area contributed by atoms with Crippen molar-refractivity contribution in [3.63, 3.8) is 0 Å². The molecular formula is C42H46N4O12. The van der Waals surface area contributed by atoms with Crippen LogP contribution in [0.15, 0.2) is 24.3 Å². The molecule has 3 aromatic rings. The zero-order chi connectivity index (χ0) is 42.6. The molecule has 16 nitrogen and oxygen atoms in total. The summed E-state index contributed by atoms with van der Waals surface area (Å²) in [5, 5.41) is 19.3. The number of nitrogens with zero attached hydrogens (tertiary/aromatic N) is 2. The average Bonchev–Trinajstić information content (AvgIpc) is 3.79. The Balaban J connectivity index is 1.99. The fourth-order valence-corrected chi connectivity index (χ4v) is 7.21. The van der Waals surface area contributed by atoms with Gasteiger partial charge in [-0.15, -0.1) is 0 Å². The van der Waals surface area contributed by atoms with Crippen LogP contribution in [-0.4, -0.2) is 79.2 Å². The molecule has 0 amide bonds. The van der Waals surface area contributed by atoms with E-state index in [9.17, 15) is 39.0 Å². The highest BCUT2D eigenvalue weighted by Crippen LogP contribution is 2.39. The summed E-state index contributed by atoms with van der Waals surface area (Å²) in [6.07, 6.45) is -2.19. The summed E-state index contributed by atoms with van der Waals surface area (Å²) in [5.41, 5.74) is 8.74. The molecule has 2 atom stereocenters. The number of allylic oxidation sites excluding steroid dienone is 4. The molecule has 2 aliphatic rings. The van der Waals surface area contributed by atoms with Gasteiger partial charge in [-0.25, -0.2) is 9.97 Å². The smallest absolute Gasteiger partial charge is 0.303 e. The topological polar surface area (TPSA) is 237 Å². The molecule has 0 spiro atoms. The van der Waals surface area contributed by atoms with Crippen LogP contribution >= 0.6 is 0 Å². The monoisotopic (exact) mass is 798 g/mol. The largest absolute Gasteiger partial charge is 0.481 e. The number of carbonyl (C=O) groups is 6. The Labute approximate surface area is 333 Å². The summed E-state index contributed by atoms with van der Waals surface area (Å²) in [6, 6.07) is 7.01. The number of carboxylic acid groups (broad SMARTS) is 2. The third-order valence-corrected chi connectivity index (χ3v) is 9.95. The van der Waals surface area contributed by atoms with Crippen LogP contribution in [0.3, 0.4) is 0 Å². The predicted molar refractivity (Wildman–Crippen MR) is 211 cm³/mol. The van der Waals surface area contributed by atoms with Crippen LogP contribution in [0.4, 0.5) is 0 Å². The second-order valence-electron chi connectivity index (χ2n) is 14.1. The molecule has 0 aromatic carbocycles. The molecule has 5 heterocycles. The molecule has 3 aromatic heterocycles. The molecule has 2 unspecified atom stereocenters. The number of aromatic nitrogens is 4. The number of aliphatic carboxylic acids is 2. The molecule has 0 radical (unpaired) electrons. The Morgan fingerprint density at radius 2 is 0.931 bits per heavy atom. The number of aryl methyl sites for hydroxylation is 2. The first-order valence-corrected chi connectivity index (χ1v) is 18.5. The zero-order valence-corrected chi connectivity index (χ0v) is 33.6. The number of esters is 4. The maximum atomic E-state index is 12.5. The van der Waals surface area contributed by atoms with Crippen molar-refractivity contribution in [3.05, 3.63) is 69.3 Å². The van der Waals surface area contributed by atoms with Gasteiger partial charge in [0.05, 0.1) is 22.8 Å². The second kappa shape index (κ2) is 17.7. The van der Waals surface area contributed by atoms with Crippen molar-refractivity contribution in [3.8, 4) is 0 Å². The molecular weight excluding hydrogens is 752 g/mol.